The van der Waals surface area contributed by atoms with Gasteiger partial charge in [0.15, 0.2) is 0 Å². The highest BCUT2D eigenvalue weighted by molar-refractivity contribution is 5.76. The van der Waals surface area contributed by atoms with Gasteiger partial charge in [0.1, 0.15) is 0 Å². The zero-order chi connectivity index (χ0) is 59.9. The Morgan fingerprint density at radius 3 is 0.940 bits per heavy atom. The molecule has 1 amide bonds. The van der Waals surface area contributed by atoms with E-state index in [0.717, 1.165) is 51.4 Å². The number of nitrogens with one attached hydrogen (secondary N) is 1. The number of aliphatic hydroxyl groups excluding tert-OH is 2. The van der Waals surface area contributed by atoms with Crippen LogP contribution in [0.1, 0.15) is 418 Å². The maximum Gasteiger partial charge on any atom is 0.305 e. The van der Waals surface area contributed by atoms with Crippen molar-refractivity contribution >= 4 is 11.9 Å². The van der Waals surface area contributed by atoms with E-state index in [2.05, 4.69) is 43.5 Å². The fourth-order valence-electron chi connectivity index (χ4n) is 11.9. The summed E-state index contributed by atoms with van der Waals surface area (Å²) in [6, 6.07) is -0.627. The number of carbonyl (C=O) groups is 2. The molecule has 0 saturated heterocycles. The predicted octanol–water partition coefficient (Wildman–Crippen LogP) is 24.7. The Hall–Kier alpha value is -1.92. The SMILES string of the molecule is CCCCC/C=C\C/C=C\CCCCCCCCCC(=O)OCCCCCCCCCCCCCCCCCCCCCCCCCCCCCCC(=O)NC(CO)C(O)/C=C/CCCCCCCCCCCCCCCCCCCCC. The lowest BCUT2D eigenvalue weighted by molar-refractivity contribution is -0.143. The van der Waals surface area contributed by atoms with Crippen LogP contribution in [-0.2, 0) is 14.3 Å². The molecule has 0 aromatic heterocycles. The molecule has 0 aromatic carbocycles. The second-order valence-corrected chi connectivity index (χ2v) is 26.0. The van der Waals surface area contributed by atoms with E-state index in [9.17, 15) is 19.8 Å². The molecule has 6 nitrogen and oxygen atoms in total. The van der Waals surface area contributed by atoms with E-state index >= 15 is 0 Å². The molecule has 2 atom stereocenters. The van der Waals surface area contributed by atoms with Gasteiger partial charge in [0, 0.05) is 12.8 Å². The third-order valence-corrected chi connectivity index (χ3v) is 17.7. The second kappa shape index (κ2) is 72.6. The Morgan fingerprint density at radius 2 is 0.602 bits per heavy atom. The van der Waals surface area contributed by atoms with Gasteiger partial charge in [-0.3, -0.25) is 9.59 Å². The normalized spacial score (nSPS) is 12.7. The number of ether oxygens (including phenoxy) is 1. The fraction of sp³-hybridized carbons (Fsp3) is 0.896. The average molecular weight is 1170 g/mol. The summed E-state index contributed by atoms with van der Waals surface area (Å²) in [4.78, 5) is 24.6. The highest BCUT2D eigenvalue weighted by Gasteiger charge is 2.18. The van der Waals surface area contributed by atoms with Crippen molar-refractivity contribution in [2.45, 2.75) is 431 Å². The van der Waals surface area contributed by atoms with Crippen LogP contribution in [0.2, 0.25) is 0 Å². The minimum absolute atomic E-state index is 0.0113. The Balaban J connectivity index is 3.37. The molecule has 0 bridgehead atoms. The van der Waals surface area contributed by atoms with E-state index in [1.54, 1.807) is 6.08 Å². The van der Waals surface area contributed by atoms with Crippen molar-refractivity contribution in [3.8, 4) is 0 Å². The van der Waals surface area contributed by atoms with Crippen LogP contribution in [0.15, 0.2) is 36.5 Å². The molecule has 0 fully saturated rings. The zero-order valence-electron chi connectivity index (χ0n) is 56.2. The van der Waals surface area contributed by atoms with E-state index in [1.807, 2.05) is 6.08 Å². The quantitative estimate of drug-likeness (QED) is 0.0320. The molecule has 0 aliphatic rings. The minimum atomic E-state index is -0.844. The molecule has 0 saturated carbocycles. The van der Waals surface area contributed by atoms with Crippen molar-refractivity contribution in [3.63, 3.8) is 0 Å². The van der Waals surface area contributed by atoms with Gasteiger partial charge in [-0.2, -0.15) is 0 Å². The zero-order valence-corrected chi connectivity index (χ0v) is 56.2. The number of hydrogen-bond donors (Lipinski definition) is 3. The monoisotopic (exact) mass is 1170 g/mol. The van der Waals surface area contributed by atoms with E-state index in [4.69, 9.17) is 4.74 Å². The number of hydrogen-bond acceptors (Lipinski definition) is 5. The van der Waals surface area contributed by atoms with Gasteiger partial charge >= 0.3 is 5.97 Å². The van der Waals surface area contributed by atoms with Crippen LogP contribution >= 0.6 is 0 Å². The number of amides is 1. The Bertz CT molecular complexity index is 1340. The van der Waals surface area contributed by atoms with Crippen LogP contribution in [0.5, 0.6) is 0 Å². The Morgan fingerprint density at radius 1 is 0.337 bits per heavy atom. The Kier molecular flexibility index (Phi) is 70.9. The molecular weight excluding hydrogens is 1020 g/mol. The Labute approximate surface area is 519 Å². The minimum Gasteiger partial charge on any atom is -0.466 e. The van der Waals surface area contributed by atoms with Crippen LogP contribution in [0.4, 0.5) is 0 Å². The van der Waals surface area contributed by atoms with Crippen molar-refractivity contribution < 1.29 is 24.5 Å². The third-order valence-electron chi connectivity index (χ3n) is 17.7. The molecule has 0 radical (unpaired) electrons. The molecule has 83 heavy (non-hydrogen) atoms. The largest absolute Gasteiger partial charge is 0.466 e. The van der Waals surface area contributed by atoms with Gasteiger partial charge in [0.2, 0.25) is 5.91 Å². The topological polar surface area (TPSA) is 95.9 Å². The van der Waals surface area contributed by atoms with Crippen LogP contribution in [0.25, 0.3) is 0 Å². The summed E-state index contributed by atoms with van der Waals surface area (Å²) in [5, 5.41) is 23.3. The van der Waals surface area contributed by atoms with Crippen molar-refractivity contribution in [3.05, 3.63) is 36.5 Å². The lowest BCUT2D eigenvalue weighted by Gasteiger charge is -2.20. The molecule has 3 N–H and O–H groups in total. The van der Waals surface area contributed by atoms with Crippen LogP contribution in [-0.4, -0.2) is 47.4 Å². The first-order valence-electron chi connectivity index (χ1n) is 37.8. The number of esters is 1. The fourth-order valence-corrected chi connectivity index (χ4v) is 11.9. The first kappa shape index (κ1) is 81.1. The van der Waals surface area contributed by atoms with Gasteiger partial charge in [-0.25, -0.2) is 0 Å². The summed E-state index contributed by atoms with van der Waals surface area (Å²) < 4.78 is 5.50. The van der Waals surface area contributed by atoms with Gasteiger partial charge in [0.05, 0.1) is 25.4 Å². The molecule has 0 rings (SSSR count). The average Bonchev–Trinajstić information content (AvgIpc) is 3.49. The van der Waals surface area contributed by atoms with E-state index in [1.165, 1.54) is 340 Å². The maximum atomic E-state index is 12.5. The summed E-state index contributed by atoms with van der Waals surface area (Å²) >= 11 is 0. The van der Waals surface area contributed by atoms with E-state index < -0.39 is 12.1 Å². The molecule has 2 unspecified atom stereocenters. The summed E-state index contributed by atoms with van der Waals surface area (Å²) in [7, 11) is 0. The molecule has 0 heterocycles. The molecule has 0 aliphatic carbocycles. The van der Waals surface area contributed by atoms with Crippen molar-refractivity contribution in [2.75, 3.05) is 13.2 Å². The van der Waals surface area contributed by atoms with Crippen LogP contribution < -0.4 is 5.32 Å². The standard InChI is InChI=1S/C77H147NO5/c1-3-5-7-9-11-13-15-17-19-21-22-31-34-38-41-45-49-53-57-61-65-69-75(80)74(73-79)78-76(81)70-66-62-58-54-50-46-42-39-35-32-29-27-25-23-24-26-28-30-33-36-40-44-48-52-56-60-64-68-72-83-77(82)71-67-63-59-55-51-47-43-37-20-18-16-14-12-10-8-6-4-2/h12,14,18,20,65,69,74-75,79-80H,3-11,13,15-17,19,21-64,66-68,70-73H2,1-2H3,(H,78,81)/b14-12-,20-18-,69-65+. The lowest BCUT2D eigenvalue weighted by atomic mass is 10.0. The van der Waals surface area contributed by atoms with Gasteiger partial charge < -0.3 is 20.3 Å². The first-order valence-corrected chi connectivity index (χ1v) is 37.8. The van der Waals surface area contributed by atoms with Crippen LogP contribution in [0, 0.1) is 0 Å². The lowest BCUT2D eigenvalue weighted by Crippen LogP contribution is -2.45. The molecular formula is C77H147NO5. The molecule has 0 spiro atoms. The van der Waals surface area contributed by atoms with Crippen molar-refractivity contribution in [2.24, 2.45) is 0 Å². The number of carbonyl (C=O) groups excluding carboxylic acids is 2. The van der Waals surface area contributed by atoms with Gasteiger partial charge in [-0.05, 0) is 64.2 Å². The molecule has 0 aliphatic heterocycles. The van der Waals surface area contributed by atoms with E-state index in [-0.39, 0.29) is 18.5 Å². The van der Waals surface area contributed by atoms with Crippen molar-refractivity contribution in [1.29, 1.82) is 0 Å². The molecule has 6 heteroatoms. The number of aliphatic hydroxyl groups is 2. The number of unbranched alkanes of at least 4 members (excludes halogenated alkanes) is 56. The smallest absolute Gasteiger partial charge is 0.305 e. The summed E-state index contributed by atoms with van der Waals surface area (Å²) in [6.07, 6.45) is 93.8. The highest BCUT2D eigenvalue weighted by Crippen LogP contribution is 2.19. The van der Waals surface area contributed by atoms with E-state index in [0.29, 0.717) is 19.4 Å². The predicted molar refractivity (Wildman–Crippen MR) is 366 cm³/mol. The molecule has 490 valence electrons. The molecule has 0 aromatic rings. The van der Waals surface area contributed by atoms with Crippen molar-refractivity contribution in [1.82, 2.24) is 5.32 Å². The highest BCUT2D eigenvalue weighted by atomic mass is 16.5. The third kappa shape index (κ3) is 69.1. The summed E-state index contributed by atoms with van der Waals surface area (Å²) in [5.74, 6) is -0.0494. The second-order valence-electron chi connectivity index (χ2n) is 26.0. The van der Waals surface area contributed by atoms with Gasteiger partial charge in [0.25, 0.3) is 0 Å². The maximum absolute atomic E-state index is 12.5. The number of rotatable bonds is 71. The first-order chi connectivity index (χ1) is 41.0. The summed E-state index contributed by atoms with van der Waals surface area (Å²) in [5.41, 5.74) is 0. The van der Waals surface area contributed by atoms with Gasteiger partial charge in [-0.15, -0.1) is 0 Å². The van der Waals surface area contributed by atoms with Crippen LogP contribution in [0.3, 0.4) is 0 Å². The number of allylic oxidation sites excluding steroid dienone is 5. The summed E-state index contributed by atoms with van der Waals surface area (Å²) in [6.45, 7) is 4.92. The van der Waals surface area contributed by atoms with Gasteiger partial charge in [-0.1, -0.05) is 378 Å².